The molecule has 3 aliphatic heterocycles. The summed E-state index contributed by atoms with van der Waals surface area (Å²) in [4.78, 5) is 28.7. The number of amides is 1. The van der Waals surface area contributed by atoms with Crippen LogP contribution in [-0.2, 0) is 14.3 Å². The molecule has 1 N–H and O–H groups in total. The fourth-order valence-corrected chi connectivity index (χ4v) is 3.91. The van der Waals surface area contributed by atoms with Crippen molar-refractivity contribution in [3.8, 4) is 0 Å². The number of piperazine rings is 1. The van der Waals surface area contributed by atoms with Crippen LogP contribution in [0.1, 0.15) is 19.3 Å². The lowest BCUT2D eigenvalue weighted by Gasteiger charge is -2.43. The standard InChI is InChI=1S/C13H21N3O3/c1-19-12(18)13(15-7-4-14-5-8-15)9-11(17)16-6-2-3-10(13)16/h10,14H,2-9H2,1H3. The van der Waals surface area contributed by atoms with Gasteiger partial charge in [-0.3, -0.25) is 9.69 Å². The highest BCUT2D eigenvalue weighted by atomic mass is 16.5. The van der Waals surface area contributed by atoms with Crippen LogP contribution in [0.2, 0.25) is 0 Å². The number of carbonyl (C=O) groups excluding carboxylic acids is 2. The second-order valence-corrected chi connectivity index (χ2v) is 5.57. The van der Waals surface area contributed by atoms with Crippen LogP contribution in [0.4, 0.5) is 0 Å². The minimum Gasteiger partial charge on any atom is -0.468 e. The molecule has 1 amide bonds. The lowest BCUT2D eigenvalue weighted by Crippen LogP contribution is -2.65. The zero-order valence-electron chi connectivity index (χ0n) is 11.4. The Hall–Kier alpha value is -1.14. The van der Waals surface area contributed by atoms with E-state index < -0.39 is 5.54 Å². The monoisotopic (exact) mass is 267 g/mol. The Morgan fingerprint density at radius 3 is 2.79 bits per heavy atom. The van der Waals surface area contributed by atoms with Crippen LogP contribution in [0.15, 0.2) is 0 Å². The van der Waals surface area contributed by atoms with E-state index in [-0.39, 0.29) is 24.3 Å². The summed E-state index contributed by atoms with van der Waals surface area (Å²) in [5.74, 6) is -0.136. The Kier molecular flexibility index (Phi) is 3.22. The Balaban J connectivity index is 1.97. The minimum atomic E-state index is -0.746. The van der Waals surface area contributed by atoms with Gasteiger partial charge in [-0.15, -0.1) is 0 Å². The van der Waals surface area contributed by atoms with Gasteiger partial charge in [0.1, 0.15) is 5.54 Å². The molecular formula is C13H21N3O3. The van der Waals surface area contributed by atoms with Crippen molar-refractivity contribution >= 4 is 11.9 Å². The van der Waals surface area contributed by atoms with Gasteiger partial charge in [0.2, 0.25) is 5.91 Å². The molecule has 0 spiro atoms. The summed E-state index contributed by atoms with van der Waals surface area (Å²) in [6, 6.07) is 0.00514. The SMILES string of the molecule is COC(=O)C1(N2CCNCC2)CC(=O)N2CCCC21. The van der Waals surface area contributed by atoms with Crippen LogP contribution in [0.5, 0.6) is 0 Å². The van der Waals surface area contributed by atoms with Crippen molar-refractivity contribution in [3.63, 3.8) is 0 Å². The van der Waals surface area contributed by atoms with Gasteiger partial charge in [0.15, 0.2) is 0 Å². The predicted molar refractivity (Wildman–Crippen MR) is 68.5 cm³/mol. The molecule has 2 unspecified atom stereocenters. The molecule has 0 aromatic rings. The number of ether oxygens (including phenoxy) is 1. The Bertz CT molecular complexity index is 395. The highest BCUT2D eigenvalue weighted by molar-refractivity contribution is 5.94. The van der Waals surface area contributed by atoms with Crippen LogP contribution < -0.4 is 5.32 Å². The zero-order valence-corrected chi connectivity index (χ0v) is 11.4. The van der Waals surface area contributed by atoms with Crippen molar-refractivity contribution in [1.82, 2.24) is 15.1 Å². The maximum absolute atomic E-state index is 12.5. The largest absolute Gasteiger partial charge is 0.468 e. The second kappa shape index (κ2) is 4.76. The molecule has 19 heavy (non-hydrogen) atoms. The van der Waals surface area contributed by atoms with E-state index in [4.69, 9.17) is 4.74 Å². The van der Waals surface area contributed by atoms with Gasteiger partial charge in [-0.2, -0.15) is 0 Å². The topological polar surface area (TPSA) is 61.9 Å². The van der Waals surface area contributed by atoms with Gasteiger partial charge in [-0.1, -0.05) is 0 Å². The summed E-state index contributed by atoms with van der Waals surface area (Å²) in [6.07, 6.45) is 2.18. The number of hydrogen-bond acceptors (Lipinski definition) is 5. The molecule has 0 radical (unpaired) electrons. The smallest absolute Gasteiger partial charge is 0.328 e. The number of rotatable bonds is 2. The first-order valence-corrected chi connectivity index (χ1v) is 7.04. The van der Waals surface area contributed by atoms with E-state index in [0.29, 0.717) is 0 Å². The Labute approximate surface area is 113 Å². The normalized spacial score (nSPS) is 35.5. The maximum atomic E-state index is 12.5. The van der Waals surface area contributed by atoms with Crippen molar-refractivity contribution < 1.29 is 14.3 Å². The zero-order chi connectivity index (χ0) is 13.5. The van der Waals surface area contributed by atoms with Crippen molar-refractivity contribution in [3.05, 3.63) is 0 Å². The summed E-state index contributed by atoms with van der Waals surface area (Å²) in [5, 5.41) is 3.29. The van der Waals surface area contributed by atoms with Crippen LogP contribution in [0.25, 0.3) is 0 Å². The van der Waals surface area contributed by atoms with Crippen molar-refractivity contribution in [1.29, 1.82) is 0 Å². The van der Waals surface area contributed by atoms with Gasteiger partial charge in [-0.25, -0.2) is 4.79 Å². The first-order chi connectivity index (χ1) is 9.20. The third-order valence-corrected chi connectivity index (χ3v) is 4.77. The average Bonchev–Trinajstić information content (AvgIpc) is 3.03. The Morgan fingerprint density at radius 2 is 2.11 bits per heavy atom. The molecule has 106 valence electrons. The number of nitrogens with zero attached hydrogens (tertiary/aromatic N) is 2. The first kappa shape index (κ1) is 12.9. The van der Waals surface area contributed by atoms with E-state index >= 15 is 0 Å². The number of methoxy groups -OCH3 is 1. The third kappa shape index (κ3) is 1.77. The van der Waals surface area contributed by atoms with Crippen LogP contribution >= 0.6 is 0 Å². The predicted octanol–water partition coefficient (Wildman–Crippen LogP) is -0.802. The summed E-state index contributed by atoms with van der Waals surface area (Å²) >= 11 is 0. The molecule has 0 aromatic heterocycles. The van der Waals surface area contributed by atoms with Gasteiger partial charge in [0, 0.05) is 32.7 Å². The molecule has 0 bridgehead atoms. The van der Waals surface area contributed by atoms with Gasteiger partial charge in [0.05, 0.1) is 19.6 Å². The third-order valence-electron chi connectivity index (χ3n) is 4.77. The van der Waals surface area contributed by atoms with Crippen molar-refractivity contribution in [2.24, 2.45) is 0 Å². The highest BCUT2D eigenvalue weighted by Gasteiger charge is 2.61. The minimum absolute atomic E-state index is 0.00514. The molecule has 3 heterocycles. The van der Waals surface area contributed by atoms with E-state index in [9.17, 15) is 9.59 Å². The molecule has 3 fully saturated rings. The van der Waals surface area contributed by atoms with E-state index in [1.54, 1.807) is 0 Å². The average molecular weight is 267 g/mol. The summed E-state index contributed by atoms with van der Waals surface area (Å²) in [5.41, 5.74) is -0.746. The van der Waals surface area contributed by atoms with Gasteiger partial charge >= 0.3 is 5.97 Å². The molecule has 6 heteroatoms. The molecule has 0 aliphatic carbocycles. The van der Waals surface area contributed by atoms with E-state index in [1.807, 2.05) is 4.90 Å². The van der Waals surface area contributed by atoms with Crippen LogP contribution in [0.3, 0.4) is 0 Å². The number of esters is 1. The molecule has 0 saturated carbocycles. The molecule has 3 aliphatic rings. The van der Waals surface area contributed by atoms with Gasteiger partial charge in [0.25, 0.3) is 0 Å². The lowest BCUT2D eigenvalue weighted by atomic mass is 9.86. The summed E-state index contributed by atoms with van der Waals surface area (Å²) in [7, 11) is 1.42. The second-order valence-electron chi connectivity index (χ2n) is 5.57. The molecule has 3 rings (SSSR count). The van der Waals surface area contributed by atoms with E-state index in [1.165, 1.54) is 7.11 Å². The lowest BCUT2D eigenvalue weighted by molar-refractivity contribution is -0.158. The van der Waals surface area contributed by atoms with Crippen LogP contribution in [-0.4, -0.2) is 73.1 Å². The number of hydrogen-bond donors (Lipinski definition) is 1. The number of nitrogens with one attached hydrogen (secondary N) is 1. The quantitative estimate of drug-likeness (QED) is 0.664. The molecule has 0 aromatic carbocycles. The van der Waals surface area contributed by atoms with E-state index in [2.05, 4.69) is 10.2 Å². The van der Waals surface area contributed by atoms with Gasteiger partial charge < -0.3 is 15.0 Å². The highest BCUT2D eigenvalue weighted by Crippen LogP contribution is 2.42. The molecule has 6 nitrogen and oxygen atoms in total. The Morgan fingerprint density at radius 1 is 1.37 bits per heavy atom. The summed E-state index contributed by atoms with van der Waals surface area (Å²) < 4.78 is 5.07. The number of carbonyl (C=O) groups is 2. The first-order valence-electron chi connectivity index (χ1n) is 7.04. The molecular weight excluding hydrogens is 246 g/mol. The van der Waals surface area contributed by atoms with Gasteiger partial charge in [-0.05, 0) is 12.8 Å². The number of fused-ring (bicyclic) bond motifs is 1. The summed E-state index contributed by atoms with van der Waals surface area (Å²) in [6.45, 7) is 4.10. The maximum Gasteiger partial charge on any atom is 0.328 e. The fraction of sp³-hybridized carbons (Fsp3) is 0.846. The fourth-order valence-electron chi connectivity index (χ4n) is 3.91. The molecule has 2 atom stereocenters. The van der Waals surface area contributed by atoms with Crippen molar-refractivity contribution in [2.75, 3.05) is 39.8 Å². The molecule has 3 saturated heterocycles. The van der Waals surface area contributed by atoms with E-state index in [0.717, 1.165) is 45.6 Å². The van der Waals surface area contributed by atoms with Crippen LogP contribution in [0, 0.1) is 0 Å². The van der Waals surface area contributed by atoms with Crippen molar-refractivity contribution in [2.45, 2.75) is 30.8 Å².